The van der Waals surface area contributed by atoms with Crippen molar-refractivity contribution < 1.29 is 43.2 Å². The van der Waals surface area contributed by atoms with Gasteiger partial charge in [-0.25, -0.2) is 4.79 Å². The van der Waals surface area contributed by atoms with Crippen LogP contribution in [0.15, 0.2) is 42.5 Å². The molecule has 1 aromatic rings. The summed E-state index contributed by atoms with van der Waals surface area (Å²) in [6.45, 7) is -0.538. The molecule has 1 N–H and O–H groups in total. The van der Waals surface area contributed by atoms with Crippen LogP contribution in [0.25, 0.3) is 0 Å². The van der Waals surface area contributed by atoms with Gasteiger partial charge in [0, 0.05) is 20.0 Å². The summed E-state index contributed by atoms with van der Waals surface area (Å²) in [6.07, 6.45) is -1.11. The predicted molar refractivity (Wildman–Crippen MR) is 106 cm³/mol. The largest absolute Gasteiger partial charge is 0.454 e. The first-order chi connectivity index (χ1) is 15.0. The van der Waals surface area contributed by atoms with Crippen molar-refractivity contribution in [1.29, 1.82) is 0 Å². The molecule has 31 heavy (non-hydrogen) atoms. The Hall–Kier alpha value is -2.75. The molecule has 0 spiro atoms. The quantitative estimate of drug-likeness (QED) is 0.428. The zero-order valence-corrected chi connectivity index (χ0v) is 17.2. The zero-order valence-electron chi connectivity index (χ0n) is 17.2. The van der Waals surface area contributed by atoms with Crippen molar-refractivity contribution in [3.63, 3.8) is 0 Å². The van der Waals surface area contributed by atoms with Crippen LogP contribution in [0.2, 0.25) is 0 Å². The fourth-order valence-corrected chi connectivity index (χ4v) is 3.44. The molecule has 168 valence electrons. The Balaban J connectivity index is 1.92. The third-order valence-electron chi connectivity index (χ3n) is 4.99. The summed E-state index contributed by atoms with van der Waals surface area (Å²) in [5.41, 5.74) is 0.270. The lowest BCUT2D eigenvalue weighted by Gasteiger charge is -2.43. The summed E-state index contributed by atoms with van der Waals surface area (Å²) < 4.78 is 27.7. The lowest BCUT2D eigenvalue weighted by atomic mass is 9.98. The molecule has 0 radical (unpaired) electrons. The topological polar surface area (TPSA) is 118 Å². The van der Waals surface area contributed by atoms with Crippen LogP contribution < -0.4 is 0 Å². The lowest BCUT2D eigenvalue weighted by molar-refractivity contribution is -0.299. The van der Waals surface area contributed by atoms with Gasteiger partial charge < -0.3 is 28.8 Å². The molecule has 1 fully saturated rings. The van der Waals surface area contributed by atoms with Gasteiger partial charge in [-0.3, -0.25) is 9.59 Å². The summed E-state index contributed by atoms with van der Waals surface area (Å²) in [5.74, 6) is -1.80. The van der Waals surface area contributed by atoms with Crippen LogP contribution in [0.4, 0.5) is 0 Å². The number of methoxy groups -OCH3 is 1. The highest BCUT2D eigenvalue weighted by Gasteiger charge is 2.52. The van der Waals surface area contributed by atoms with Crippen molar-refractivity contribution in [3.05, 3.63) is 48.0 Å². The Morgan fingerprint density at radius 3 is 2.23 bits per heavy atom. The molecule has 0 aliphatic carbocycles. The van der Waals surface area contributed by atoms with Gasteiger partial charge in [-0.05, 0) is 25.0 Å². The van der Waals surface area contributed by atoms with E-state index in [1.807, 2.05) is 0 Å². The minimum absolute atomic E-state index is 0.0926. The Morgan fingerprint density at radius 1 is 1.03 bits per heavy atom. The average molecular weight is 434 g/mol. The van der Waals surface area contributed by atoms with Crippen LogP contribution in [0.3, 0.4) is 0 Å². The highest BCUT2D eigenvalue weighted by Crippen LogP contribution is 2.30. The summed E-state index contributed by atoms with van der Waals surface area (Å²) >= 11 is 0. The Bertz CT molecular complexity index is 791. The normalized spacial score (nSPS) is 29.5. The highest BCUT2D eigenvalue weighted by molar-refractivity contribution is 5.89. The number of benzene rings is 1. The van der Waals surface area contributed by atoms with Crippen LogP contribution in [0, 0.1) is 0 Å². The summed E-state index contributed by atoms with van der Waals surface area (Å²) in [4.78, 5) is 37.5. The number of ether oxygens (including phenoxy) is 5. The van der Waals surface area contributed by atoms with Crippen molar-refractivity contribution in [2.24, 2.45) is 0 Å². The third kappa shape index (κ3) is 5.90. The van der Waals surface area contributed by atoms with Gasteiger partial charge in [-0.2, -0.15) is 0 Å². The lowest BCUT2D eigenvalue weighted by Crippen LogP contribution is -2.62. The van der Waals surface area contributed by atoms with E-state index < -0.39 is 55.2 Å². The zero-order chi connectivity index (χ0) is 22.2. The molecule has 2 heterocycles. The molecule has 5 atom stereocenters. The predicted octanol–water partition coefficient (Wildman–Crippen LogP) is 1.53. The van der Waals surface area contributed by atoms with Gasteiger partial charge in [0.15, 0.2) is 24.6 Å². The molecule has 0 unspecified atom stereocenters. The Labute approximate surface area is 179 Å². The molecular weight excluding hydrogens is 408 g/mol. The molecule has 0 bridgehead atoms. The van der Waals surface area contributed by atoms with E-state index in [0.29, 0.717) is 12.8 Å². The van der Waals surface area contributed by atoms with E-state index in [1.165, 1.54) is 7.11 Å². The number of fused-ring (bicyclic) bond motifs is 1. The first kappa shape index (κ1) is 22.9. The molecule has 0 amide bonds. The van der Waals surface area contributed by atoms with E-state index in [4.69, 9.17) is 23.7 Å². The summed E-state index contributed by atoms with van der Waals surface area (Å²) in [7, 11) is 1.33. The second kappa shape index (κ2) is 11.0. The van der Waals surface area contributed by atoms with Crippen molar-refractivity contribution in [1.82, 2.24) is 0 Å². The first-order valence-corrected chi connectivity index (χ1v) is 10.1. The van der Waals surface area contributed by atoms with E-state index in [-0.39, 0.29) is 18.4 Å². The fraction of sp³-hybridized carbons (Fsp3) is 0.500. The van der Waals surface area contributed by atoms with Crippen molar-refractivity contribution in [2.75, 3.05) is 13.7 Å². The molecule has 9 heteroatoms. The average Bonchev–Trinajstić information content (AvgIpc) is 2.78. The van der Waals surface area contributed by atoms with Crippen LogP contribution in [0.1, 0.15) is 36.0 Å². The number of allylic oxidation sites excluding steroid dienone is 2. The number of carbonyl (C=O) groups is 3. The Kier molecular flexibility index (Phi) is 8.16. The smallest absolute Gasteiger partial charge is 0.338 e. The van der Waals surface area contributed by atoms with Gasteiger partial charge in [-0.15, -0.1) is 0 Å². The molecule has 9 nitrogen and oxygen atoms in total. The number of aliphatic hydroxyl groups excluding tert-OH is 1. The molecule has 0 saturated carbocycles. The molecule has 1 saturated heterocycles. The van der Waals surface area contributed by atoms with Crippen molar-refractivity contribution in [2.45, 2.75) is 56.4 Å². The third-order valence-corrected chi connectivity index (χ3v) is 4.99. The van der Waals surface area contributed by atoms with E-state index >= 15 is 0 Å². The number of esters is 3. The SMILES string of the molecule is CO[C@H]1O[C@H](CO)[C@H](OC(=O)c2ccccc2)[C@@H]2OC(=O)CCC=CCCC(=O)O[C@@H]12. The summed E-state index contributed by atoms with van der Waals surface area (Å²) in [5, 5.41) is 9.85. The van der Waals surface area contributed by atoms with Crippen molar-refractivity contribution in [3.8, 4) is 0 Å². The van der Waals surface area contributed by atoms with E-state index in [0.717, 1.165) is 0 Å². The maximum absolute atomic E-state index is 12.7. The number of hydrogen-bond acceptors (Lipinski definition) is 9. The van der Waals surface area contributed by atoms with E-state index in [2.05, 4.69) is 0 Å². The first-order valence-electron chi connectivity index (χ1n) is 10.1. The molecule has 3 rings (SSSR count). The molecule has 1 aromatic carbocycles. The number of hydrogen-bond donors (Lipinski definition) is 1. The number of rotatable bonds is 4. The second-order valence-electron chi connectivity index (χ2n) is 7.15. The molecule has 2 aliphatic rings. The van der Waals surface area contributed by atoms with Gasteiger partial charge in [0.1, 0.15) is 6.10 Å². The second-order valence-corrected chi connectivity index (χ2v) is 7.15. The minimum atomic E-state index is -1.22. The molecule has 2 aliphatic heterocycles. The monoisotopic (exact) mass is 434 g/mol. The minimum Gasteiger partial charge on any atom is -0.454 e. The van der Waals surface area contributed by atoms with Crippen LogP contribution in [0.5, 0.6) is 0 Å². The van der Waals surface area contributed by atoms with Gasteiger partial charge in [0.2, 0.25) is 0 Å². The Morgan fingerprint density at radius 2 is 1.65 bits per heavy atom. The standard InChI is InChI=1S/C22H26O9/c1-27-22-20-19(29-16(24)11-7-2-3-8-12-17(25)30-20)18(15(13-23)28-22)31-21(26)14-9-5-4-6-10-14/h2-6,9-10,15,18-20,22-23H,7-8,11-13H2,1H3/t15-,18+,19+,20-,22+/m1/s1. The summed E-state index contributed by atoms with van der Waals surface area (Å²) in [6, 6.07) is 8.22. The van der Waals surface area contributed by atoms with Crippen LogP contribution in [-0.4, -0.2) is 67.4 Å². The maximum Gasteiger partial charge on any atom is 0.338 e. The van der Waals surface area contributed by atoms with Gasteiger partial charge in [0.05, 0.1) is 12.2 Å². The maximum atomic E-state index is 12.7. The van der Waals surface area contributed by atoms with Crippen molar-refractivity contribution >= 4 is 17.9 Å². The van der Waals surface area contributed by atoms with Gasteiger partial charge in [-0.1, -0.05) is 30.4 Å². The van der Waals surface area contributed by atoms with Crippen LogP contribution in [-0.2, 0) is 33.3 Å². The van der Waals surface area contributed by atoms with Crippen LogP contribution >= 0.6 is 0 Å². The highest BCUT2D eigenvalue weighted by atomic mass is 16.7. The van der Waals surface area contributed by atoms with Gasteiger partial charge >= 0.3 is 17.9 Å². The number of aliphatic hydroxyl groups is 1. The fourth-order valence-electron chi connectivity index (χ4n) is 3.44. The molecular formula is C22H26O9. The van der Waals surface area contributed by atoms with E-state index in [9.17, 15) is 19.5 Å². The van der Waals surface area contributed by atoms with E-state index in [1.54, 1.807) is 42.5 Å². The van der Waals surface area contributed by atoms with Gasteiger partial charge in [0.25, 0.3) is 0 Å². The molecule has 0 aromatic heterocycles. The number of carbonyl (C=O) groups excluding carboxylic acids is 3.